The number of piperazine rings is 1. The second-order valence-electron chi connectivity index (χ2n) is 4.22. The fourth-order valence-electron chi connectivity index (χ4n) is 1.84. The van der Waals surface area contributed by atoms with Gasteiger partial charge in [0.15, 0.2) is 0 Å². The maximum atomic E-state index is 13.3. The van der Waals surface area contributed by atoms with Crippen molar-refractivity contribution >= 4 is 23.4 Å². The molecular formula is C12H12FN3O3. The van der Waals surface area contributed by atoms with Crippen molar-refractivity contribution in [3.63, 3.8) is 0 Å². The molecule has 0 radical (unpaired) electrons. The molecule has 0 bridgehead atoms. The number of rotatable bonds is 1. The zero-order valence-electron chi connectivity index (χ0n) is 10.1. The zero-order chi connectivity index (χ0) is 14.2. The molecule has 7 heteroatoms. The highest BCUT2D eigenvalue weighted by molar-refractivity contribution is 6.08. The quantitative estimate of drug-likeness (QED) is 0.547. The Bertz CT molecular complexity index is 573. The highest BCUT2D eigenvalue weighted by atomic mass is 19.1. The fourth-order valence-corrected chi connectivity index (χ4v) is 1.84. The lowest BCUT2D eigenvalue weighted by Gasteiger charge is -2.31. The lowest BCUT2D eigenvalue weighted by atomic mass is 10.1. The summed E-state index contributed by atoms with van der Waals surface area (Å²) >= 11 is 0. The van der Waals surface area contributed by atoms with Gasteiger partial charge in [-0.3, -0.25) is 19.7 Å². The molecule has 3 N–H and O–H groups in total. The second-order valence-corrected chi connectivity index (χ2v) is 4.22. The van der Waals surface area contributed by atoms with E-state index in [4.69, 9.17) is 5.73 Å². The molecule has 1 aromatic carbocycles. The number of hydrogen-bond donors (Lipinski definition) is 2. The molecule has 3 amide bonds. The average Bonchev–Trinajstić information content (AvgIpc) is 2.36. The van der Waals surface area contributed by atoms with Gasteiger partial charge in [-0.15, -0.1) is 0 Å². The SMILES string of the molecule is CC1C(=O)NC(=O)CN1C(=O)c1cccc(F)c1N. The largest absolute Gasteiger partial charge is 0.396 e. The first-order valence-corrected chi connectivity index (χ1v) is 5.60. The summed E-state index contributed by atoms with van der Waals surface area (Å²) in [6.07, 6.45) is 0. The molecule has 0 aromatic heterocycles. The van der Waals surface area contributed by atoms with Crippen LogP contribution in [-0.2, 0) is 9.59 Å². The Morgan fingerprint density at radius 2 is 2.16 bits per heavy atom. The number of nitrogens with one attached hydrogen (secondary N) is 1. The van der Waals surface area contributed by atoms with Crippen molar-refractivity contribution in [3.05, 3.63) is 29.6 Å². The van der Waals surface area contributed by atoms with E-state index in [0.29, 0.717) is 0 Å². The fraction of sp³-hybridized carbons (Fsp3) is 0.250. The van der Waals surface area contributed by atoms with Crippen LogP contribution in [0.25, 0.3) is 0 Å². The van der Waals surface area contributed by atoms with E-state index in [2.05, 4.69) is 5.32 Å². The third-order valence-electron chi connectivity index (χ3n) is 2.97. The summed E-state index contributed by atoms with van der Waals surface area (Å²) in [6, 6.07) is 3.01. The lowest BCUT2D eigenvalue weighted by Crippen LogP contribution is -2.58. The van der Waals surface area contributed by atoms with E-state index < -0.39 is 29.6 Å². The molecular weight excluding hydrogens is 253 g/mol. The van der Waals surface area contributed by atoms with Crippen molar-refractivity contribution in [3.8, 4) is 0 Å². The maximum Gasteiger partial charge on any atom is 0.257 e. The highest BCUT2D eigenvalue weighted by Crippen LogP contribution is 2.19. The molecule has 1 aliphatic heterocycles. The molecule has 1 saturated heterocycles. The van der Waals surface area contributed by atoms with Gasteiger partial charge in [-0.2, -0.15) is 0 Å². The first-order valence-electron chi connectivity index (χ1n) is 5.60. The first-order chi connectivity index (χ1) is 8.91. The Morgan fingerprint density at radius 3 is 2.84 bits per heavy atom. The van der Waals surface area contributed by atoms with Crippen LogP contribution in [0.2, 0.25) is 0 Å². The molecule has 2 rings (SSSR count). The van der Waals surface area contributed by atoms with E-state index in [-0.39, 0.29) is 17.8 Å². The summed E-state index contributed by atoms with van der Waals surface area (Å²) in [5, 5.41) is 2.11. The lowest BCUT2D eigenvalue weighted by molar-refractivity contribution is -0.138. The Kier molecular flexibility index (Phi) is 3.20. The molecule has 0 aliphatic carbocycles. The van der Waals surface area contributed by atoms with E-state index in [1.54, 1.807) is 0 Å². The molecule has 1 atom stereocenters. The van der Waals surface area contributed by atoms with Crippen LogP contribution in [-0.4, -0.2) is 35.2 Å². The van der Waals surface area contributed by atoms with E-state index in [9.17, 15) is 18.8 Å². The summed E-state index contributed by atoms with van der Waals surface area (Å²) < 4.78 is 13.3. The molecule has 1 unspecified atom stereocenters. The van der Waals surface area contributed by atoms with Gasteiger partial charge in [-0.1, -0.05) is 6.07 Å². The van der Waals surface area contributed by atoms with Gasteiger partial charge in [0.25, 0.3) is 5.91 Å². The number of hydrogen-bond acceptors (Lipinski definition) is 4. The van der Waals surface area contributed by atoms with Crippen LogP contribution in [0.4, 0.5) is 10.1 Å². The van der Waals surface area contributed by atoms with Gasteiger partial charge in [0.05, 0.1) is 11.3 Å². The molecule has 0 saturated carbocycles. The van der Waals surface area contributed by atoms with E-state index in [1.165, 1.54) is 19.1 Å². The van der Waals surface area contributed by atoms with Gasteiger partial charge in [0, 0.05) is 0 Å². The van der Waals surface area contributed by atoms with Gasteiger partial charge in [-0.25, -0.2) is 4.39 Å². The van der Waals surface area contributed by atoms with Crippen LogP contribution in [0, 0.1) is 5.82 Å². The number of carbonyl (C=O) groups is 3. The third kappa shape index (κ3) is 2.26. The van der Waals surface area contributed by atoms with Crippen LogP contribution >= 0.6 is 0 Å². The van der Waals surface area contributed by atoms with E-state index in [1.807, 2.05) is 0 Å². The summed E-state index contributed by atoms with van der Waals surface area (Å²) in [5.41, 5.74) is 5.14. The summed E-state index contributed by atoms with van der Waals surface area (Å²) in [4.78, 5) is 36.0. The summed E-state index contributed by atoms with van der Waals surface area (Å²) in [5.74, 6) is -2.51. The summed E-state index contributed by atoms with van der Waals surface area (Å²) in [6.45, 7) is 1.22. The Labute approximate surface area is 108 Å². The number of nitrogens with zero attached hydrogens (tertiary/aromatic N) is 1. The molecule has 1 aliphatic rings. The number of nitrogen functional groups attached to an aromatic ring is 1. The van der Waals surface area contributed by atoms with Crippen molar-refractivity contribution in [2.45, 2.75) is 13.0 Å². The number of halogens is 1. The second kappa shape index (κ2) is 4.68. The molecule has 0 spiro atoms. The predicted octanol–water partition coefficient (Wildman–Crippen LogP) is -0.105. The van der Waals surface area contributed by atoms with Crippen molar-refractivity contribution in [1.82, 2.24) is 10.2 Å². The molecule has 100 valence electrons. The highest BCUT2D eigenvalue weighted by Gasteiger charge is 2.34. The van der Waals surface area contributed by atoms with Crippen LogP contribution in [0.3, 0.4) is 0 Å². The van der Waals surface area contributed by atoms with Gasteiger partial charge in [-0.05, 0) is 19.1 Å². The van der Waals surface area contributed by atoms with E-state index in [0.717, 1.165) is 11.0 Å². The Balaban J connectivity index is 2.35. The number of anilines is 1. The Hall–Kier alpha value is -2.44. The minimum absolute atomic E-state index is 0.0608. The summed E-state index contributed by atoms with van der Waals surface area (Å²) in [7, 11) is 0. The molecule has 1 aromatic rings. The monoisotopic (exact) mass is 265 g/mol. The molecule has 6 nitrogen and oxygen atoms in total. The van der Waals surface area contributed by atoms with E-state index >= 15 is 0 Å². The number of para-hydroxylation sites is 1. The molecule has 19 heavy (non-hydrogen) atoms. The maximum absolute atomic E-state index is 13.3. The van der Waals surface area contributed by atoms with Crippen LogP contribution in [0.15, 0.2) is 18.2 Å². The number of benzene rings is 1. The van der Waals surface area contributed by atoms with Crippen LogP contribution in [0.5, 0.6) is 0 Å². The van der Waals surface area contributed by atoms with Gasteiger partial charge in [0.1, 0.15) is 18.4 Å². The van der Waals surface area contributed by atoms with Crippen LogP contribution in [0.1, 0.15) is 17.3 Å². The van der Waals surface area contributed by atoms with Gasteiger partial charge < -0.3 is 10.6 Å². The minimum atomic E-state index is -0.812. The standard InChI is InChI=1S/C12H12FN3O3/c1-6-11(18)15-9(17)5-16(6)12(19)7-3-2-4-8(13)10(7)14/h2-4,6H,5,14H2,1H3,(H,15,17,18). The first kappa shape index (κ1) is 13.0. The van der Waals surface area contributed by atoms with Crippen molar-refractivity contribution in [2.75, 3.05) is 12.3 Å². The van der Waals surface area contributed by atoms with Crippen molar-refractivity contribution in [1.29, 1.82) is 0 Å². The molecule has 1 heterocycles. The predicted molar refractivity (Wildman–Crippen MR) is 64.5 cm³/mol. The van der Waals surface area contributed by atoms with Crippen LogP contribution < -0.4 is 11.1 Å². The number of nitrogens with two attached hydrogens (primary N) is 1. The van der Waals surface area contributed by atoms with Gasteiger partial charge >= 0.3 is 0 Å². The van der Waals surface area contributed by atoms with Crippen molar-refractivity contribution in [2.24, 2.45) is 0 Å². The molecule has 1 fully saturated rings. The minimum Gasteiger partial charge on any atom is -0.396 e. The normalized spacial score (nSPS) is 19.3. The zero-order valence-corrected chi connectivity index (χ0v) is 10.1. The smallest absolute Gasteiger partial charge is 0.257 e. The van der Waals surface area contributed by atoms with Crippen molar-refractivity contribution < 1.29 is 18.8 Å². The topological polar surface area (TPSA) is 92.5 Å². The third-order valence-corrected chi connectivity index (χ3v) is 2.97. The number of amides is 3. The number of imide groups is 1. The average molecular weight is 265 g/mol. The number of carbonyl (C=O) groups excluding carboxylic acids is 3. The van der Waals surface area contributed by atoms with Gasteiger partial charge in [0.2, 0.25) is 11.8 Å². The Morgan fingerprint density at radius 1 is 1.47 bits per heavy atom.